The Labute approximate surface area is 88.2 Å². The molecular weight excluding hydrogens is 188 g/mol. The number of hydrogen-bond acceptors (Lipinski definition) is 3. The van der Waals surface area contributed by atoms with Crippen LogP contribution in [0.1, 0.15) is 5.56 Å². The lowest BCUT2D eigenvalue weighted by Crippen LogP contribution is -1.91. The van der Waals surface area contributed by atoms with E-state index in [1.165, 1.54) is 0 Å². The van der Waals surface area contributed by atoms with Crippen LogP contribution in [0.4, 0.5) is 0 Å². The van der Waals surface area contributed by atoms with Crippen molar-refractivity contribution in [3.8, 4) is 5.75 Å². The average Bonchev–Trinajstić information content (AvgIpc) is 2.30. The third-order valence-electron chi connectivity index (χ3n) is 2.35. The summed E-state index contributed by atoms with van der Waals surface area (Å²) in [6.45, 7) is 0. The fraction of sp³-hybridized carbons (Fsp3) is 0.0833. The molecule has 0 aromatic heterocycles. The molecule has 3 heteroatoms. The lowest BCUT2D eigenvalue weighted by atomic mass is 10.0. The number of fused-ring (bicyclic) bond motifs is 1. The summed E-state index contributed by atoms with van der Waals surface area (Å²) in [4.78, 5) is 0. The molecular formula is C12H12N2O. The molecule has 3 nitrogen and oxygen atoms in total. The average molecular weight is 200 g/mol. The van der Waals surface area contributed by atoms with Crippen LogP contribution < -0.4 is 10.6 Å². The zero-order chi connectivity index (χ0) is 10.7. The Morgan fingerprint density at radius 2 is 1.87 bits per heavy atom. The highest BCUT2D eigenvalue weighted by Gasteiger charge is 2.03. The Balaban J connectivity index is 2.77. The van der Waals surface area contributed by atoms with Gasteiger partial charge in [0.1, 0.15) is 5.75 Å². The maximum absolute atomic E-state index is 5.28. The fourth-order valence-corrected chi connectivity index (χ4v) is 1.67. The Morgan fingerprint density at radius 1 is 1.13 bits per heavy atom. The highest BCUT2D eigenvalue weighted by atomic mass is 16.5. The van der Waals surface area contributed by atoms with E-state index in [2.05, 4.69) is 5.10 Å². The van der Waals surface area contributed by atoms with E-state index in [0.29, 0.717) is 0 Å². The van der Waals surface area contributed by atoms with E-state index in [4.69, 9.17) is 10.6 Å². The Kier molecular flexibility index (Phi) is 2.54. The summed E-state index contributed by atoms with van der Waals surface area (Å²) >= 11 is 0. The van der Waals surface area contributed by atoms with Crippen LogP contribution in [0.15, 0.2) is 41.5 Å². The van der Waals surface area contributed by atoms with Crippen molar-refractivity contribution in [2.24, 2.45) is 10.9 Å². The predicted molar refractivity (Wildman–Crippen MR) is 62.3 cm³/mol. The van der Waals surface area contributed by atoms with E-state index in [1.54, 1.807) is 13.3 Å². The molecule has 0 bridgehead atoms. The molecule has 15 heavy (non-hydrogen) atoms. The van der Waals surface area contributed by atoms with Gasteiger partial charge in [-0.05, 0) is 17.5 Å². The molecule has 0 aliphatic carbocycles. The van der Waals surface area contributed by atoms with Crippen molar-refractivity contribution in [1.29, 1.82) is 0 Å². The molecule has 0 amide bonds. The van der Waals surface area contributed by atoms with Gasteiger partial charge in [0.25, 0.3) is 0 Å². The smallest absolute Gasteiger partial charge is 0.126 e. The fourth-order valence-electron chi connectivity index (χ4n) is 1.67. The van der Waals surface area contributed by atoms with Crippen LogP contribution in [-0.4, -0.2) is 13.3 Å². The maximum Gasteiger partial charge on any atom is 0.126 e. The molecule has 0 unspecified atom stereocenters. The minimum atomic E-state index is 0.861. The third kappa shape index (κ3) is 1.64. The topological polar surface area (TPSA) is 47.6 Å². The van der Waals surface area contributed by atoms with Gasteiger partial charge in [-0.15, -0.1) is 0 Å². The molecule has 0 heterocycles. The number of rotatable bonds is 2. The third-order valence-corrected chi connectivity index (χ3v) is 2.35. The Morgan fingerprint density at radius 3 is 2.53 bits per heavy atom. The number of benzene rings is 2. The predicted octanol–water partition coefficient (Wildman–Crippen LogP) is 2.14. The Hall–Kier alpha value is -2.03. The minimum Gasteiger partial charge on any atom is -0.496 e. The van der Waals surface area contributed by atoms with E-state index in [0.717, 1.165) is 22.1 Å². The second-order valence-corrected chi connectivity index (χ2v) is 3.18. The number of hydrogen-bond donors (Lipinski definition) is 1. The molecule has 0 aliphatic rings. The van der Waals surface area contributed by atoms with Crippen LogP contribution >= 0.6 is 0 Å². The molecule has 2 aromatic rings. The van der Waals surface area contributed by atoms with Gasteiger partial charge in [-0.2, -0.15) is 5.10 Å². The van der Waals surface area contributed by atoms with Crippen LogP contribution in [0.25, 0.3) is 10.8 Å². The maximum atomic E-state index is 5.28. The van der Waals surface area contributed by atoms with Gasteiger partial charge in [0.15, 0.2) is 0 Å². The number of nitrogens with two attached hydrogens (primary N) is 1. The summed E-state index contributed by atoms with van der Waals surface area (Å²) in [7, 11) is 1.67. The van der Waals surface area contributed by atoms with Crippen molar-refractivity contribution >= 4 is 17.0 Å². The molecule has 0 aliphatic heterocycles. The quantitative estimate of drug-likeness (QED) is 0.458. The second kappa shape index (κ2) is 4.00. The normalized spacial score (nSPS) is 11.0. The van der Waals surface area contributed by atoms with Crippen molar-refractivity contribution < 1.29 is 4.74 Å². The summed E-state index contributed by atoms with van der Waals surface area (Å²) in [5, 5.41) is 5.70. The van der Waals surface area contributed by atoms with Gasteiger partial charge in [0.05, 0.1) is 13.3 Å². The van der Waals surface area contributed by atoms with Crippen molar-refractivity contribution in [1.82, 2.24) is 0 Å². The molecule has 0 saturated carbocycles. The first-order valence-corrected chi connectivity index (χ1v) is 4.66. The lowest BCUT2D eigenvalue weighted by molar-refractivity contribution is 0.420. The van der Waals surface area contributed by atoms with Gasteiger partial charge >= 0.3 is 0 Å². The van der Waals surface area contributed by atoms with Gasteiger partial charge in [0, 0.05) is 10.9 Å². The second-order valence-electron chi connectivity index (χ2n) is 3.18. The molecule has 2 aromatic carbocycles. The largest absolute Gasteiger partial charge is 0.496 e. The standard InChI is InChI=1S/C12H12N2O/c1-15-12-7-6-9(8-14-13)10-4-2-3-5-11(10)12/h2-8H,13H2,1H3. The zero-order valence-corrected chi connectivity index (χ0v) is 8.47. The van der Waals surface area contributed by atoms with Crippen molar-refractivity contribution in [2.75, 3.05) is 7.11 Å². The van der Waals surface area contributed by atoms with E-state index < -0.39 is 0 Å². The van der Waals surface area contributed by atoms with Crippen LogP contribution in [0.2, 0.25) is 0 Å². The molecule has 0 radical (unpaired) electrons. The minimum absolute atomic E-state index is 0.861. The molecule has 76 valence electrons. The van der Waals surface area contributed by atoms with Gasteiger partial charge in [-0.25, -0.2) is 0 Å². The summed E-state index contributed by atoms with van der Waals surface area (Å²) in [6.07, 6.45) is 1.64. The summed E-state index contributed by atoms with van der Waals surface area (Å²) in [5.74, 6) is 6.02. The molecule has 0 spiro atoms. The zero-order valence-electron chi connectivity index (χ0n) is 8.47. The summed E-state index contributed by atoms with van der Waals surface area (Å²) in [5.41, 5.74) is 0.994. The summed E-state index contributed by atoms with van der Waals surface area (Å²) in [6, 6.07) is 11.9. The van der Waals surface area contributed by atoms with E-state index in [-0.39, 0.29) is 0 Å². The van der Waals surface area contributed by atoms with E-state index in [9.17, 15) is 0 Å². The van der Waals surface area contributed by atoms with E-state index >= 15 is 0 Å². The number of nitrogens with zero attached hydrogens (tertiary/aromatic N) is 1. The molecule has 2 N–H and O–H groups in total. The number of methoxy groups -OCH3 is 1. The van der Waals surface area contributed by atoms with Gasteiger partial charge < -0.3 is 10.6 Å². The first-order chi connectivity index (χ1) is 7.36. The van der Waals surface area contributed by atoms with Crippen LogP contribution in [0, 0.1) is 0 Å². The highest BCUT2D eigenvalue weighted by molar-refractivity contribution is 6.02. The van der Waals surface area contributed by atoms with Gasteiger partial charge in [-0.3, -0.25) is 0 Å². The first kappa shape index (κ1) is 9.52. The molecule has 0 fully saturated rings. The van der Waals surface area contributed by atoms with Gasteiger partial charge in [-0.1, -0.05) is 24.3 Å². The SMILES string of the molecule is COc1ccc(C=NN)c2ccccc12. The first-order valence-electron chi connectivity index (χ1n) is 4.66. The van der Waals surface area contributed by atoms with Crippen LogP contribution in [0.3, 0.4) is 0 Å². The lowest BCUT2D eigenvalue weighted by Gasteiger charge is -2.07. The van der Waals surface area contributed by atoms with Gasteiger partial charge in [0.2, 0.25) is 0 Å². The van der Waals surface area contributed by atoms with E-state index in [1.807, 2.05) is 36.4 Å². The monoisotopic (exact) mass is 200 g/mol. The van der Waals surface area contributed by atoms with Crippen molar-refractivity contribution in [3.05, 3.63) is 42.0 Å². The summed E-state index contributed by atoms with van der Waals surface area (Å²) < 4.78 is 5.28. The number of ether oxygens (including phenoxy) is 1. The number of hydrazone groups is 1. The molecule has 0 atom stereocenters. The van der Waals surface area contributed by atoms with Crippen molar-refractivity contribution in [3.63, 3.8) is 0 Å². The van der Waals surface area contributed by atoms with Crippen LogP contribution in [-0.2, 0) is 0 Å². The molecule has 0 saturated heterocycles. The van der Waals surface area contributed by atoms with Crippen LogP contribution in [0.5, 0.6) is 5.75 Å². The highest BCUT2D eigenvalue weighted by Crippen LogP contribution is 2.27. The Bertz CT molecular complexity index is 506. The van der Waals surface area contributed by atoms with Crippen molar-refractivity contribution in [2.45, 2.75) is 0 Å². The molecule has 2 rings (SSSR count).